The molecule has 2 amide bonds. The van der Waals surface area contributed by atoms with Gasteiger partial charge in [-0.25, -0.2) is 4.98 Å². The second-order valence-electron chi connectivity index (χ2n) is 5.43. The molecule has 138 valence electrons. The predicted octanol–water partition coefficient (Wildman–Crippen LogP) is -0.438. The Labute approximate surface area is 146 Å². The zero-order valence-corrected chi connectivity index (χ0v) is 14.4. The number of nitrogens with one attached hydrogen (secondary N) is 1. The van der Waals surface area contributed by atoms with Crippen molar-refractivity contribution in [2.45, 2.75) is 20.0 Å². The number of aromatic nitrogens is 1. The summed E-state index contributed by atoms with van der Waals surface area (Å²) in [6.07, 6.45) is 0.914. The van der Waals surface area contributed by atoms with Gasteiger partial charge in [-0.3, -0.25) is 14.4 Å². The topological polar surface area (TPSA) is 123 Å². The molecule has 1 aliphatic rings. The first kappa shape index (κ1) is 20.4. The summed E-state index contributed by atoms with van der Waals surface area (Å²) >= 11 is 0. The summed E-state index contributed by atoms with van der Waals surface area (Å²) in [5, 5.41) is 19.6. The van der Waals surface area contributed by atoms with Crippen LogP contribution in [0.25, 0.3) is 0 Å². The van der Waals surface area contributed by atoms with Crippen molar-refractivity contribution in [3.63, 3.8) is 0 Å². The van der Waals surface area contributed by atoms with Gasteiger partial charge in [0.15, 0.2) is 0 Å². The molecule has 0 saturated carbocycles. The van der Waals surface area contributed by atoms with Crippen LogP contribution in [0.2, 0.25) is 0 Å². The summed E-state index contributed by atoms with van der Waals surface area (Å²) in [6.45, 7) is 5.58. The normalized spacial score (nSPS) is 17.0. The van der Waals surface area contributed by atoms with Crippen LogP contribution in [-0.4, -0.2) is 77.2 Å². The lowest BCUT2D eigenvalue weighted by atomic mass is 10.2. The number of aliphatic hydroxyl groups excluding tert-OH is 1. The van der Waals surface area contributed by atoms with E-state index in [1.165, 1.54) is 13.1 Å². The minimum atomic E-state index is -0.615. The second kappa shape index (κ2) is 10.2. The van der Waals surface area contributed by atoms with Crippen LogP contribution in [0.4, 0.5) is 5.82 Å². The molecule has 3 N–H and O–H groups in total. The third-order valence-electron chi connectivity index (χ3n) is 3.62. The molecule has 1 aromatic rings. The molecule has 0 aliphatic carbocycles. The molecule has 9 heteroatoms. The molecule has 0 aromatic carbocycles. The molecule has 0 radical (unpaired) electrons. The fraction of sp³-hybridized carbons (Fsp3) is 0.500. The summed E-state index contributed by atoms with van der Waals surface area (Å²) < 4.78 is 0. The number of nitrogens with zero attached hydrogens (tertiary/aromatic N) is 3. The predicted molar refractivity (Wildman–Crippen MR) is 91.4 cm³/mol. The maximum absolute atomic E-state index is 11.7. The Morgan fingerprint density at radius 2 is 2.04 bits per heavy atom. The van der Waals surface area contributed by atoms with Crippen LogP contribution in [0.15, 0.2) is 18.3 Å². The fourth-order valence-electron chi connectivity index (χ4n) is 2.45. The Morgan fingerprint density at radius 1 is 1.36 bits per heavy atom. The molecule has 1 aromatic heterocycles. The van der Waals surface area contributed by atoms with Crippen molar-refractivity contribution in [1.29, 1.82) is 0 Å². The number of carbonyl (C=O) groups excluding carboxylic acids is 2. The van der Waals surface area contributed by atoms with Crippen LogP contribution in [-0.2, 0) is 9.59 Å². The van der Waals surface area contributed by atoms with E-state index in [1.54, 1.807) is 17.0 Å². The van der Waals surface area contributed by atoms with Crippen molar-refractivity contribution in [2.75, 3.05) is 37.6 Å². The number of hydrogen-bond donors (Lipinski definition) is 3. The Bertz CT molecular complexity index is 578. The molecule has 2 rings (SSSR count). The Hall–Kier alpha value is -2.68. The van der Waals surface area contributed by atoms with Gasteiger partial charge in [-0.2, -0.15) is 0 Å². The standard InChI is InChI=1S/C15H22N4O3.CH2O2/c1-3-16-15(22)12-4-5-14(17-8-12)19-7-6-18(11(2)20)9-13(21)10-19;2-1-3/h4-5,8,13,21H,3,6-7,9-10H2,1-2H3,(H,16,22);1H,(H,2,3). The van der Waals surface area contributed by atoms with Crippen molar-refractivity contribution < 1.29 is 24.6 Å². The molecule has 2 heterocycles. The van der Waals surface area contributed by atoms with Crippen LogP contribution in [0.5, 0.6) is 0 Å². The van der Waals surface area contributed by atoms with E-state index in [2.05, 4.69) is 10.3 Å². The number of amides is 2. The third-order valence-corrected chi connectivity index (χ3v) is 3.62. The van der Waals surface area contributed by atoms with Crippen LogP contribution in [0.3, 0.4) is 0 Å². The summed E-state index contributed by atoms with van der Waals surface area (Å²) in [7, 11) is 0. The Morgan fingerprint density at radius 3 is 2.56 bits per heavy atom. The average molecular weight is 352 g/mol. The maximum Gasteiger partial charge on any atom is 0.290 e. The third kappa shape index (κ3) is 6.38. The highest BCUT2D eigenvalue weighted by Gasteiger charge is 2.23. The smallest absolute Gasteiger partial charge is 0.290 e. The van der Waals surface area contributed by atoms with Gasteiger partial charge in [-0.15, -0.1) is 0 Å². The molecule has 1 unspecified atom stereocenters. The van der Waals surface area contributed by atoms with Gasteiger partial charge in [-0.1, -0.05) is 0 Å². The van der Waals surface area contributed by atoms with E-state index in [1.807, 2.05) is 11.8 Å². The molecule has 25 heavy (non-hydrogen) atoms. The summed E-state index contributed by atoms with van der Waals surface area (Å²) in [5.41, 5.74) is 0.506. The van der Waals surface area contributed by atoms with E-state index in [9.17, 15) is 14.7 Å². The average Bonchev–Trinajstić information content (AvgIpc) is 2.78. The lowest BCUT2D eigenvalue weighted by Gasteiger charge is -2.22. The minimum absolute atomic E-state index is 0.0413. The van der Waals surface area contributed by atoms with Gasteiger partial charge < -0.3 is 25.3 Å². The monoisotopic (exact) mass is 352 g/mol. The largest absolute Gasteiger partial charge is 0.483 e. The number of aliphatic hydroxyl groups is 1. The van der Waals surface area contributed by atoms with Crippen LogP contribution in [0, 0.1) is 0 Å². The highest BCUT2D eigenvalue weighted by Crippen LogP contribution is 2.15. The highest BCUT2D eigenvalue weighted by atomic mass is 16.3. The molecule has 9 nitrogen and oxygen atoms in total. The fourth-order valence-corrected chi connectivity index (χ4v) is 2.45. The van der Waals surface area contributed by atoms with Crippen molar-refractivity contribution in [3.8, 4) is 0 Å². The lowest BCUT2D eigenvalue weighted by molar-refractivity contribution is -0.129. The first-order chi connectivity index (χ1) is 11.9. The van der Waals surface area contributed by atoms with Gasteiger partial charge >= 0.3 is 0 Å². The van der Waals surface area contributed by atoms with E-state index in [4.69, 9.17) is 9.90 Å². The number of pyridine rings is 1. The Kier molecular flexibility index (Phi) is 8.34. The SMILES string of the molecule is CCNC(=O)c1ccc(N2CCN(C(C)=O)CC(O)C2)nc1.O=CO. The van der Waals surface area contributed by atoms with Gasteiger partial charge in [-0.05, 0) is 19.1 Å². The molecular formula is C16H24N4O5. The van der Waals surface area contributed by atoms with Crippen LogP contribution >= 0.6 is 0 Å². The molecule has 1 fully saturated rings. The van der Waals surface area contributed by atoms with Gasteiger partial charge in [0.1, 0.15) is 5.82 Å². The number of carbonyl (C=O) groups is 3. The molecule has 1 saturated heterocycles. The summed E-state index contributed by atoms with van der Waals surface area (Å²) in [5.74, 6) is 0.498. The maximum atomic E-state index is 11.7. The molecule has 1 atom stereocenters. The number of hydrogen-bond acceptors (Lipinski definition) is 6. The second-order valence-corrected chi connectivity index (χ2v) is 5.43. The molecular weight excluding hydrogens is 328 g/mol. The van der Waals surface area contributed by atoms with E-state index in [0.29, 0.717) is 44.1 Å². The lowest BCUT2D eigenvalue weighted by Crippen LogP contribution is -2.36. The van der Waals surface area contributed by atoms with Gasteiger partial charge in [0.25, 0.3) is 12.4 Å². The summed E-state index contributed by atoms with van der Waals surface area (Å²) in [6, 6.07) is 3.48. The Balaban J connectivity index is 0.000000970. The van der Waals surface area contributed by atoms with E-state index in [0.717, 1.165) is 0 Å². The molecule has 1 aliphatic heterocycles. The zero-order valence-electron chi connectivity index (χ0n) is 14.4. The van der Waals surface area contributed by atoms with Crippen molar-refractivity contribution in [1.82, 2.24) is 15.2 Å². The highest BCUT2D eigenvalue weighted by molar-refractivity contribution is 5.94. The quantitative estimate of drug-likeness (QED) is 0.630. The van der Waals surface area contributed by atoms with Crippen molar-refractivity contribution >= 4 is 24.1 Å². The number of anilines is 1. The molecule has 0 spiro atoms. The van der Waals surface area contributed by atoms with E-state index >= 15 is 0 Å². The summed E-state index contributed by atoms with van der Waals surface area (Å²) in [4.78, 5) is 39.4. The van der Waals surface area contributed by atoms with Gasteiger partial charge in [0, 0.05) is 45.8 Å². The van der Waals surface area contributed by atoms with E-state index in [-0.39, 0.29) is 18.3 Å². The number of carboxylic acid groups (broad SMARTS) is 1. The first-order valence-corrected chi connectivity index (χ1v) is 7.93. The first-order valence-electron chi connectivity index (χ1n) is 7.93. The van der Waals surface area contributed by atoms with Crippen LogP contribution < -0.4 is 10.2 Å². The molecule has 0 bridgehead atoms. The van der Waals surface area contributed by atoms with Gasteiger partial charge in [0.2, 0.25) is 5.91 Å². The number of rotatable bonds is 3. The van der Waals surface area contributed by atoms with Gasteiger partial charge in [0.05, 0.1) is 11.7 Å². The van der Waals surface area contributed by atoms with Crippen molar-refractivity contribution in [3.05, 3.63) is 23.9 Å². The van der Waals surface area contributed by atoms with Crippen LogP contribution in [0.1, 0.15) is 24.2 Å². The minimum Gasteiger partial charge on any atom is -0.483 e. The zero-order chi connectivity index (χ0) is 18.8. The van der Waals surface area contributed by atoms with Crippen molar-refractivity contribution in [2.24, 2.45) is 0 Å². The number of β-amino-alcohol motifs (C(OH)–C–C–N with tert-alkyl or cyclic N) is 1. The van der Waals surface area contributed by atoms with E-state index < -0.39 is 6.10 Å².